The Morgan fingerprint density at radius 3 is 2.55 bits per heavy atom. The second kappa shape index (κ2) is 6.56. The zero-order valence-electron chi connectivity index (χ0n) is 10.4. The molecule has 100 valence electrons. The molecule has 0 aliphatic carbocycles. The van der Waals surface area contributed by atoms with Gasteiger partial charge >= 0.3 is 0 Å². The number of carbonyl (C=O) groups is 1. The van der Waals surface area contributed by atoms with Gasteiger partial charge in [-0.15, -0.1) is 11.6 Å². The van der Waals surface area contributed by atoms with E-state index in [1.54, 1.807) is 42.5 Å². The highest BCUT2D eigenvalue weighted by Gasteiger charge is 2.09. The third-order valence-corrected chi connectivity index (χ3v) is 3.52. The molecule has 0 fully saturated rings. The standard InChI is InChI=1S/C15H10BrClN2O/c16-13-6-5-12(9-18)14(7-13)19-15(20)11-3-1-10(8-17)2-4-11/h1-7H,8H2,(H,19,20). The van der Waals surface area contributed by atoms with E-state index in [1.807, 2.05) is 6.07 Å². The second-order valence-electron chi connectivity index (χ2n) is 4.09. The number of nitriles is 1. The van der Waals surface area contributed by atoms with Gasteiger partial charge in [-0.2, -0.15) is 5.26 Å². The van der Waals surface area contributed by atoms with Crippen LogP contribution in [-0.4, -0.2) is 5.91 Å². The van der Waals surface area contributed by atoms with Crippen LogP contribution in [-0.2, 0) is 5.88 Å². The fourth-order valence-electron chi connectivity index (χ4n) is 1.66. The summed E-state index contributed by atoms with van der Waals surface area (Å²) in [4.78, 5) is 12.1. The Balaban J connectivity index is 2.23. The number of hydrogen-bond acceptors (Lipinski definition) is 2. The predicted octanol–water partition coefficient (Wildman–Crippen LogP) is 4.31. The largest absolute Gasteiger partial charge is 0.321 e. The van der Waals surface area contributed by atoms with E-state index >= 15 is 0 Å². The van der Waals surface area contributed by atoms with Gasteiger partial charge in [-0.25, -0.2) is 0 Å². The number of carbonyl (C=O) groups excluding carboxylic acids is 1. The molecule has 0 heterocycles. The van der Waals surface area contributed by atoms with Crippen molar-refractivity contribution in [2.45, 2.75) is 5.88 Å². The molecule has 5 heteroatoms. The first kappa shape index (κ1) is 14.6. The molecule has 0 saturated carbocycles. The average Bonchev–Trinajstić information content (AvgIpc) is 2.47. The Labute approximate surface area is 130 Å². The molecule has 2 aromatic carbocycles. The van der Waals surface area contributed by atoms with Crippen molar-refractivity contribution in [1.29, 1.82) is 5.26 Å². The molecule has 2 rings (SSSR count). The van der Waals surface area contributed by atoms with E-state index in [0.717, 1.165) is 10.0 Å². The van der Waals surface area contributed by atoms with Crippen molar-refractivity contribution in [2.24, 2.45) is 0 Å². The number of alkyl halides is 1. The Bertz CT molecular complexity index is 677. The predicted molar refractivity (Wildman–Crippen MR) is 82.8 cm³/mol. The summed E-state index contributed by atoms with van der Waals surface area (Å²) in [7, 11) is 0. The summed E-state index contributed by atoms with van der Waals surface area (Å²) < 4.78 is 0.796. The monoisotopic (exact) mass is 348 g/mol. The number of hydrogen-bond donors (Lipinski definition) is 1. The number of rotatable bonds is 3. The number of halogens is 2. The van der Waals surface area contributed by atoms with Crippen molar-refractivity contribution in [1.82, 2.24) is 0 Å². The highest BCUT2D eigenvalue weighted by atomic mass is 79.9. The number of benzene rings is 2. The summed E-state index contributed by atoms with van der Waals surface area (Å²) in [6, 6.07) is 14.2. The molecule has 1 N–H and O–H groups in total. The molecule has 3 nitrogen and oxygen atoms in total. The van der Waals surface area contributed by atoms with Crippen LogP contribution in [0.4, 0.5) is 5.69 Å². The second-order valence-corrected chi connectivity index (χ2v) is 5.27. The van der Waals surface area contributed by atoms with Gasteiger partial charge in [-0.3, -0.25) is 4.79 Å². The van der Waals surface area contributed by atoms with Crippen molar-refractivity contribution in [3.63, 3.8) is 0 Å². The van der Waals surface area contributed by atoms with Crippen LogP contribution in [0.2, 0.25) is 0 Å². The molecule has 0 saturated heterocycles. The van der Waals surface area contributed by atoms with E-state index < -0.39 is 0 Å². The van der Waals surface area contributed by atoms with Crippen LogP contribution in [0.25, 0.3) is 0 Å². The Kier molecular flexibility index (Phi) is 4.78. The summed E-state index contributed by atoms with van der Waals surface area (Å²) in [5.41, 5.74) is 2.36. The first-order valence-electron chi connectivity index (χ1n) is 5.80. The van der Waals surface area contributed by atoms with Crippen molar-refractivity contribution < 1.29 is 4.79 Å². The average molecular weight is 350 g/mol. The Morgan fingerprint density at radius 1 is 1.25 bits per heavy atom. The van der Waals surface area contributed by atoms with Gasteiger partial charge in [0.1, 0.15) is 6.07 Å². The Morgan fingerprint density at radius 2 is 1.95 bits per heavy atom. The minimum Gasteiger partial charge on any atom is -0.321 e. The van der Waals surface area contributed by atoms with Gasteiger partial charge in [0, 0.05) is 15.9 Å². The van der Waals surface area contributed by atoms with E-state index in [9.17, 15) is 4.79 Å². The first-order chi connectivity index (χ1) is 9.63. The molecule has 2 aromatic rings. The number of nitrogens with one attached hydrogen (secondary N) is 1. The van der Waals surface area contributed by atoms with Gasteiger partial charge in [-0.05, 0) is 35.9 Å². The first-order valence-corrected chi connectivity index (χ1v) is 7.12. The Hall–Kier alpha value is -1.83. The SMILES string of the molecule is N#Cc1ccc(Br)cc1NC(=O)c1ccc(CCl)cc1. The summed E-state index contributed by atoms with van der Waals surface area (Å²) in [6.45, 7) is 0. The smallest absolute Gasteiger partial charge is 0.255 e. The molecule has 0 radical (unpaired) electrons. The van der Waals surface area contributed by atoms with Gasteiger partial charge in [0.15, 0.2) is 0 Å². The van der Waals surface area contributed by atoms with E-state index in [4.69, 9.17) is 16.9 Å². The van der Waals surface area contributed by atoms with E-state index in [1.165, 1.54) is 0 Å². The summed E-state index contributed by atoms with van der Waals surface area (Å²) in [6.07, 6.45) is 0. The maximum atomic E-state index is 12.1. The minimum absolute atomic E-state index is 0.263. The van der Waals surface area contributed by atoms with Crippen molar-refractivity contribution >= 4 is 39.1 Å². The molecule has 0 aromatic heterocycles. The molecular weight excluding hydrogens is 340 g/mol. The summed E-state index contributed by atoms with van der Waals surface area (Å²) in [5, 5.41) is 11.8. The maximum absolute atomic E-state index is 12.1. The van der Waals surface area contributed by atoms with E-state index in [2.05, 4.69) is 21.2 Å². The van der Waals surface area contributed by atoms with Crippen molar-refractivity contribution in [2.75, 3.05) is 5.32 Å². The van der Waals surface area contributed by atoms with Crippen LogP contribution in [0.5, 0.6) is 0 Å². The third-order valence-electron chi connectivity index (χ3n) is 2.72. The lowest BCUT2D eigenvalue weighted by Crippen LogP contribution is -2.12. The van der Waals surface area contributed by atoms with Crippen molar-refractivity contribution in [3.05, 3.63) is 63.6 Å². The van der Waals surface area contributed by atoms with Gasteiger partial charge < -0.3 is 5.32 Å². The molecule has 1 amide bonds. The molecule has 0 bridgehead atoms. The molecule has 20 heavy (non-hydrogen) atoms. The quantitative estimate of drug-likeness (QED) is 0.839. The lowest BCUT2D eigenvalue weighted by molar-refractivity contribution is 0.102. The van der Waals surface area contributed by atoms with Gasteiger partial charge in [0.25, 0.3) is 5.91 Å². The van der Waals surface area contributed by atoms with Crippen LogP contribution < -0.4 is 5.32 Å². The molecular formula is C15H10BrClN2O. The summed E-state index contributed by atoms with van der Waals surface area (Å²) in [5.74, 6) is 0.146. The highest BCUT2D eigenvalue weighted by molar-refractivity contribution is 9.10. The maximum Gasteiger partial charge on any atom is 0.255 e. The zero-order valence-corrected chi connectivity index (χ0v) is 12.7. The molecule has 0 aliphatic rings. The van der Waals surface area contributed by atoms with Crippen LogP contribution in [0, 0.1) is 11.3 Å². The topological polar surface area (TPSA) is 52.9 Å². The summed E-state index contributed by atoms with van der Waals surface area (Å²) >= 11 is 9.02. The number of amides is 1. The zero-order chi connectivity index (χ0) is 14.5. The van der Waals surface area contributed by atoms with Gasteiger partial charge in [0.2, 0.25) is 0 Å². The molecule has 0 unspecified atom stereocenters. The van der Waals surface area contributed by atoms with Crippen LogP contribution >= 0.6 is 27.5 Å². The molecule has 0 atom stereocenters. The van der Waals surface area contributed by atoms with Crippen LogP contribution in [0.1, 0.15) is 21.5 Å². The number of anilines is 1. The van der Waals surface area contributed by atoms with Gasteiger partial charge in [0.05, 0.1) is 11.3 Å². The fraction of sp³-hybridized carbons (Fsp3) is 0.0667. The minimum atomic E-state index is -0.263. The van der Waals surface area contributed by atoms with Crippen LogP contribution in [0.3, 0.4) is 0 Å². The number of nitrogens with zero attached hydrogens (tertiary/aromatic N) is 1. The fourth-order valence-corrected chi connectivity index (χ4v) is 2.20. The lowest BCUT2D eigenvalue weighted by atomic mass is 10.1. The lowest BCUT2D eigenvalue weighted by Gasteiger charge is -2.08. The normalized spacial score (nSPS) is 9.85. The van der Waals surface area contributed by atoms with E-state index in [-0.39, 0.29) is 5.91 Å². The van der Waals surface area contributed by atoms with Crippen molar-refractivity contribution in [3.8, 4) is 6.07 Å². The molecule has 0 spiro atoms. The highest BCUT2D eigenvalue weighted by Crippen LogP contribution is 2.21. The molecule has 0 aliphatic heterocycles. The third kappa shape index (κ3) is 3.38. The van der Waals surface area contributed by atoms with E-state index in [0.29, 0.717) is 22.7 Å². The van der Waals surface area contributed by atoms with Crippen LogP contribution in [0.15, 0.2) is 46.9 Å². The van der Waals surface area contributed by atoms with Gasteiger partial charge in [-0.1, -0.05) is 28.1 Å².